The van der Waals surface area contributed by atoms with Crippen molar-refractivity contribution in [3.63, 3.8) is 0 Å². The van der Waals surface area contributed by atoms with Crippen molar-refractivity contribution in [2.75, 3.05) is 6.61 Å². The summed E-state index contributed by atoms with van der Waals surface area (Å²) in [5, 5.41) is 0.507. The number of benzene rings is 4. The summed E-state index contributed by atoms with van der Waals surface area (Å²) < 4.78 is 23.1. The molecule has 4 aromatic rings. The Morgan fingerprint density at radius 3 is 1.49 bits per heavy atom. The molecule has 11 heteroatoms. The molecule has 0 N–H and O–H groups in total. The predicted molar refractivity (Wildman–Crippen MR) is 155 cm³/mol. The number of ether oxygens (including phenoxy) is 4. The van der Waals surface area contributed by atoms with Crippen LogP contribution in [0.5, 0.6) is 0 Å². The zero-order valence-corrected chi connectivity index (χ0v) is 23.5. The van der Waals surface area contributed by atoms with E-state index < -0.39 is 60.9 Å². The molecule has 1 fully saturated rings. The highest BCUT2D eigenvalue weighted by Gasteiger charge is 2.54. The highest BCUT2D eigenvalue weighted by Crippen LogP contribution is 2.33. The molecule has 0 spiro atoms. The van der Waals surface area contributed by atoms with Gasteiger partial charge in [-0.15, -0.1) is 5.06 Å². The third-order valence-corrected chi connectivity index (χ3v) is 7.13. The molecule has 11 nitrogen and oxygen atoms in total. The molecule has 0 aromatic heterocycles. The van der Waals surface area contributed by atoms with Crippen LogP contribution in [0.25, 0.3) is 0 Å². The molecule has 0 bridgehead atoms. The molecule has 4 atom stereocenters. The lowest BCUT2D eigenvalue weighted by molar-refractivity contribution is -0.249. The molecular formula is C34H25NO10. The van der Waals surface area contributed by atoms with E-state index in [0.29, 0.717) is 5.06 Å². The van der Waals surface area contributed by atoms with Gasteiger partial charge in [0.25, 0.3) is 11.8 Å². The summed E-state index contributed by atoms with van der Waals surface area (Å²) in [7, 11) is 0. The molecule has 2 aliphatic rings. The first-order valence-electron chi connectivity index (χ1n) is 13.9. The van der Waals surface area contributed by atoms with E-state index in [4.69, 9.17) is 23.8 Å². The van der Waals surface area contributed by atoms with E-state index in [1.54, 1.807) is 78.9 Å². The summed E-state index contributed by atoms with van der Waals surface area (Å²) >= 11 is 0. The molecule has 0 unspecified atom stereocenters. The van der Waals surface area contributed by atoms with Crippen LogP contribution >= 0.6 is 0 Å². The van der Waals surface area contributed by atoms with Crippen molar-refractivity contribution >= 4 is 29.7 Å². The van der Waals surface area contributed by atoms with E-state index >= 15 is 0 Å². The number of carbonyl (C=O) groups is 5. The highest BCUT2D eigenvalue weighted by molar-refractivity contribution is 6.20. The van der Waals surface area contributed by atoms with E-state index in [1.165, 1.54) is 36.4 Å². The van der Waals surface area contributed by atoms with Crippen molar-refractivity contribution in [3.05, 3.63) is 143 Å². The fraction of sp³-hybridized carbons (Fsp3) is 0.147. The van der Waals surface area contributed by atoms with Crippen LogP contribution in [0.15, 0.2) is 115 Å². The zero-order chi connectivity index (χ0) is 31.3. The van der Waals surface area contributed by atoms with Gasteiger partial charge in [-0.1, -0.05) is 66.7 Å². The number of fused-ring (bicyclic) bond motifs is 1. The monoisotopic (exact) mass is 607 g/mol. The van der Waals surface area contributed by atoms with Crippen molar-refractivity contribution in [2.24, 2.45) is 0 Å². The van der Waals surface area contributed by atoms with Gasteiger partial charge in [0.2, 0.25) is 6.29 Å². The Labute approximate surface area is 256 Å². The van der Waals surface area contributed by atoms with Gasteiger partial charge in [-0.05, 0) is 48.5 Å². The minimum atomic E-state index is -1.63. The van der Waals surface area contributed by atoms with E-state index in [2.05, 4.69) is 0 Å². The number of hydrogen-bond acceptors (Lipinski definition) is 10. The minimum absolute atomic E-state index is 0.110. The van der Waals surface area contributed by atoms with Gasteiger partial charge in [0.15, 0.2) is 12.2 Å². The maximum Gasteiger partial charge on any atom is 0.338 e. The summed E-state index contributed by atoms with van der Waals surface area (Å²) in [6.45, 7) is -0.457. The molecular weight excluding hydrogens is 582 g/mol. The quantitative estimate of drug-likeness (QED) is 0.154. The Kier molecular flexibility index (Phi) is 8.45. The second-order valence-corrected chi connectivity index (χ2v) is 10.0. The summed E-state index contributed by atoms with van der Waals surface area (Å²) in [6, 6.07) is 30.4. The van der Waals surface area contributed by atoms with Crippen LogP contribution in [0.4, 0.5) is 0 Å². The summed E-state index contributed by atoms with van der Waals surface area (Å²) in [6.07, 6.45) is -5.77. The number of hydroxylamine groups is 2. The van der Waals surface area contributed by atoms with E-state index in [9.17, 15) is 24.0 Å². The topological polar surface area (TPSA) is 135 Å². The first kappa shape index (κ1) is 29.4. The summed E-state index contributed by atoms with van der Waals surface area (Å²) in [4.78, 5) is 71.2. The van der Waals surface area contributed by atoms with Gasteiger partial charge in [0.1, 0.15) is 12.7 Å². The first-order chi connectivity index (χ1) is 21.9. The van der Waals surface area contributed by atoms with Crippen LogP contribution in [0.1, 0.15) is 51.8 Å². The SMILES string of the molecule is O=C(OC[C@H]1O[C@@H](ON2C(=O)c3ccccc3C2=O)[C@H](OC(=O)c2ccccc2)[C@H]1OC(=O)c1ccccc1)c1ccccc1. The van der Waals surface area contributed by atoms with Crippen LogP contribution in [0.3, 0.4) is 0 Å². The smallest absolute Gasteiger partial charge is 0.338 e. The van der Waals surface area contributed by atoms with Gasteiger partial charge in [0, 0.05) is 0 Å². The fourth-order valence-electron chi connectivity index (χ4n) is 4.89. The maximum absolute atomic E-state index is 13.2. The van der Waals surface area contributed by atoms with Crippen molar-refractivity contribution < 1.29 is 47.8 Å². The predicted octanol–water partition coefficient (Wildman–Crippen LogP) is 4.25. The Morgan fingerprint density at radius 2 is 1.00 bits per heavy atom. The molecule has 0 radical (unpaired) electrons. The Balaban J connectivity index is 1.31. The third kappa shape index (κ3) is 6.21. The molecule has 0 aliphatic carbocycles. The van der Waals surface area contributed by atoms with Crippen LogP contribution in [-0.4, -0.2) is 66.0 Å². The molecule has 2 aliphatic heterocycles. The number of rotatable bonds is 9. The number of carbonyl (C=O) groups excluding carboxylic acids is 5. The molecule has 0 saturated carbocycles. The van der Waals surface area contributed by atoms with E-state index in [-0.39, 0.29) is 27.8 Å². The van der Waals surface area contributed by atoms with Gasteiger partial charge in [-0.3, -0.25) is 9.59 Å². The number of amides is 2. The third-order valence-electron chi connectivity index (χ3n) is 7.13. The highest BCUT2D eigenvalue weighted by atomic mass is 16.8. The van der Waals surface area contributed by atoms with Crippen molar-refractivity contribution in [2.45, 2.75) is 24.6 Å². The molecule has 45 heavy (non-hydrogen) atoms. The lowest BCUT2D eigenvalue weighted by Gasteiger charge is -2.25. The zero-order valence-electron chi connectivity index (χ0n) is 23.5. The second-order valence-electron chi connectivity index (χ2n) is 10.0. The van der Waals surface area contributed by atoms with Gasteiger partial charge in [0.05, 0.1) is 27.8 Å². The van der Waals surface area contributed by atoms with Crippen molar-refractivity contribution in [1.82, 2.24) is 5.06 Å². The van der Waals surface area contributed by atoms with Crippen molar-refractivity contribution in [3.8, 4) is 0 Å². The number of imide groups is 1. The van der Waals surface area contributed by atoms with Crippen LogP contribution in [-0.2, 0) is 23.8 Å². The van der Waals surface area contributed by atoms with Crippen LogP contribution < -0.4 is 0 Å². The van der Waals surface area contributed by atoms with Gasteiger partial charge in [-0.25, -0.2) is 19.2 Å². The molecule has 2 heterocycles. The Morgan fingerprint density at radius 1 is 0.578 bits per heavy atom. The minimum Gasteiger partial charge on any atom is -0.459 e. The Bertz CT molecular complexity index is 1690. The maximum atomic E-state index is 13.2. The van der Waals surface area contributed by atoms with Gasteiger partial charge >= 0.3 is 17.9 Å². The number of nitrogens with zero attached hydrogens (tertiary/aromatic N) is 1. The molecule has 6 rings (SSSR count). The largest absolute Gasteiger partial charge is 0.459 e. The average Bonchev–Trinajstić information content (AvgIpc) is 3.53. The second kappa shape index (κ2) is 12.9. The number of esters is 3. The number of hydrogen-bond donors (Lipinski definition) is 0. The summed E-state index contributed by atoms with van der Waals surface area (Å²) in [5.74, 6) is -3.81. The molecule has 1 saturated heterocycles. The molecule has 4 aromatic carbocycles. The van der Waals surface area contributed by atoms with Gasteiger partial charge in [-0.2, -0.15) is 0 Å². The lowest BCUT2D eigenvalue weighted by atomic mass is 10.1. The standard InChI is InChI=1S/C34H25NO10/c36-29-24-18-10-11-19-25(24)30(37)35(29)45-34-28(44-33(40)23-16-8-3-9-17-23)27(43-32(39)22-14-6-2-7-15-22)26(42-34)20-41-31(38)21-12-4-1-5-13-21/h1-19,26-28,34H,20H2/t26-,27+,28-,34+/m1/s1. The molecule has 2 amide bonds. The average molecular weight is 608 g/mol. The molecule has 226 valence electrons. The van der Waals surface area contributed by atoms with E-state index in [0.717, 1.165) is 0 Å². The van der Waals surface area contributed by atoms with Crippen molar-refractivity contribution in [1.29, 1.82) is 0 Å². The lowest BCUT2D eigenvalue weighted by Crippen LogP contribution is -2.45. The van der Waals surface area contributed by atoms with Crippen LogP contribution in [0, 0.1) is 0 Å². The van der Waals surface area contributed by atoms with Crippen LogP contribution in [0.2, 0.25) is 0 Å². The summed E-state index contributed by atoms with van der Waals surface area (Å²) in [5.41, 5.74) is 0.844. The Hall–Kier alpha value is -5.65. The normalized spacial score (nSPS) is 20.4. The first-order valence-corrected chi connectivity index (χ1v) is 13.9. The van der Waals surface area contributed by atoms with Gasteiger partial charge < -0.3 is 18.9 Å². The fourth-order valence-corrected chi connectivity index (χ4v) is 4.89. The van der Waals surface area contributed by atoms with E-state index in [1.807, 2.05) is 0 Å².